The summed E-state index contributed by atoms with van der Waals surface area (Å²) in [6.07, 6.45) is 0. The Kier molecular flexibility index (Phi) is 5.00. The van der Waals surface area contributed by atoms with Gasteiger partial charge < -0.3 is 10.6 Å². The number of carbonyl (C=O) groups is 1. The van der Waals surface area contributed by atoms with Gasteiger partial charge >= 0.3 is 0 Å². The van der Waals surface area contributed by atoms with Gasteiger partial charge in [0.05, 0.1) is 10.5 Å². The Bertz CT molecular complexity index is 455. The molecule has 0 aromatic heterocycles. The van der Waals surface area contributed by atoms with Crippen LogP contribution in [-0.2, 0) is 11.3 Å². The van der Waals surface area contributed by atoms with E-state index in [0.717, 1.165) is 5.56 Å². The number of hydrogen-bond donors (Lipinski definition) is 2. The molecule has 0 atom stereocenters. The molecule has 19 heavy (non-hydrogen) atoms. The highest BCUT2D eigenvalue weighted by molar-refractivity contribution is 5.85. The maximum atomic E-state index is 11.9. The second-order valence-corrected chi connectivity index (χ2v) is 4.76. The van der Waals surface area contributed by atoms with E-state index in [9.17, 15) is 14.9 Å². The third kappa shape index (κ3) is 4.33. The van der Waals surface area contributed by atoms with Crippen molar-refractivity contribution in [3.05, 3.63) is 39.9 Å². The standard InChI is InChI=1S/C13H19N3O3/c1-4-15-13(2,3)12(17)14-9-10-5-7-11(8-6-10)16(18)19/h5-8,15H,4,9H2,1-3H3,(H,14,17). The van der Waals surface area contributed by atoms with Crippen molar-refractivity contribution >= 4 is 11.6 Å². The zero-order valence-corrected chi connectivity index (χ0v) is 11.4. The Morgan fingerprint density at radius 3 is 2.37 bits per heavy atom. The Hall–Kier alpha value is -1.95. The van der Waals surface area contributed by atoms with Gasteiger partial charge in [-0.15, -0.1) is 0 Å². The molecule has 6 heteroatoms. The van der Waals surface area contributed by atoms with Crippen LogP contribution in [-0.4, -0.2) is 22.9 Å². The molecule has 0 radical (unpaired) electrons. The number of nitro benzene ring substituents is 1. The van der Waals surface area contributed by atoms with Crippen LogP contribution in [0.15, 0.2) is 24.3 Å². The quantitative estimate of drug-likeness (QED) is 0.604. The summed E-state index contributed by atoms with van der Waals surface area (Å²) < 4.78 is 0. The van der Waals surface area contributed by atoms with Crippen LogP contribution in [0, 0.1) is 10.1 Å². The Balaban J connectivity index is 2.57. The van der Waals surface area contributed by atoms with Crippen LogP contribution in [0.2, 0.25) is 0 Å². The van der Waals surface area contributed by atoms with Crippen molar-refractivity contribution < 1.29 is 9.72 Å². The molecule has 0 saturated carbocycles. The molecular formula is C13H19N3O3. The number of carbonyl (C=O) groups excluding carboxylic acids is 1. The molecule has 2 N–H and O–H groups in total. The topological polar surface area (TPSA) is 84.3 Å². The lowest BCUT2D eigenvalue weighted by Gasteiger charge is -2.24. The SMILES string of the molecule is CCNC(C)(C)C(=O)NCc1ccc([N+](=O)[O-])cc1. The summed E-state index contributed by atoms with van der Waals surface area (Å²) >= 11 is 0. The maximum absolute atomic E-state index is 11.9. The number of benzene rings is 1. The smallest absolute Gasteiger partial charge is 0.269 e. The molecule has 0 saturated heterocycles. The predicted molar refractivity (Wildman–Crippen MR) is 72.7 cm³/mol. The molecule has 0 fully saturated rings. The molecule has 1 amide bonds. The van der Waals surface area contributed by atoms with E-state index in [-0.39, 0.29) is 11.6 Å². The van der Waals surface area contributed by atoms with Gasteiger partial charge in [0, 0.05) is 18.7 Å². The van der Waals surface area contributed by atoms with E-state index >= 15 is 0 Å². The molecule has 0 aliphatic heterocycles. The van der Waals surface area contributed by atoms with Crippen LogP contribution in [0.1, 0.15) is 26.3 Å². The van der Waals surface area contributed by atoms with Crippen molar-refractivity contribution in [2.45, 2.75) is 32.9 Å². The summed E-state index contributed by atoms with van der Waals surface area (Å²) in [5, 5.41) is 16.4. The first-order valence-corrected chi connectivity index (χ1v) is 6.13. The third-order valence-electron chi connectivity index (χ3n) is 2.79. The second-order valence-electron chi connectivity index (χ2n) is 4.76. The lowest BCUT2D eigenvalue weighted by Crippen LogP contribution is -2.52. The first-order valence-electron chi connectivity index (χ1n) is 6.13. The van der Waals surface area contributed by atoms with E-state index in [2.05, 4.69) is 10.6 Å². The Labute approximate surface area is 112 Å². The fraction of sp³-hybridized carbons (Fsp3) is 0.462. The highest BCUT2D eigenvalue weighted by Crippen LogP contribution is 2.12. The number of nitro groups is 1. The number of non-ortho nitro benzene ring substituents is 1. The van der Waals surface area contributed by atoms with E-state index in [0.29, 0.717) is 13.1 Å². The number of hydrogen-bond acceptors (Lipinski definition) is 4. The van der Waals surface area contributed by atoms with Crippen molar-refractivity contribution in [1.82, 2.24) is 10.6 Å². The minimum Gasteiger partial charge on any atom is -0.350 e. The van der Waals surface area contributed by atoms with Crippen molar-refractivity contribution in [2.24, 2.45) is 0 Å². The third-order valence-corrected chi connectivity index (χ3v) is 2.79. The van der Waals surface area contributed by atoms with Crippen LogP contribution >= 0.6 is 0 Å². The monoisotopic (exact) mass is 265 g/mol. The van der Waals surface area contributed by atoms with E-state index in [1.165, 1.54) is 12.1 Å². The largest absolute Gasteiger partial charge is 0.350 e. The van der Waals surface area contributed by atoms with Gasteiger partial charge in [0.25, 0.3) is 5.69 Å². The molecule has 1 aromatic rings. The fourth-order valence-electron chi connectivity index (χ4n) is 1.66. The molecule has 104 valence electrons. The number of nitrogens with zero attached hydrogens (tertiary/aromatic N) is 1. The molecular weight excluding hydrogens is 246 g/mol. The summed E-state index contributed by atoms with van der Waals surface area (Å²) in [6.45, 7) is 6.61. The fourth-order valence-corrected chi connectivity index (χ4v) is 1.66. The van der Waals surface area contributed by atoms with Crippen LogP contribution in [0.25, 0.3) is 0 Å². The number of likely N-dealkylation sites (N-methyl/N-ethyl adjacent to an activating group) is 1. The highest BCUT2D eigenvalue weighted by Gasteiger charge is 2.25. The van der Waals surface area contributed by atoms with Crippen molar-refractivity contribution in [1.29, 1.82) is 0 Å². The van der Waals surface area contributed by atoms with Crippen molar-refractivity contribution in [3.63, 3.8) is 0 Å². The lowest BCUT2D eigenvalue weighted by molar-refractivity contribution is -0.384. The van der Waals surface area contributed by atoms with Crippen LogP contribution < -0.4 is 10.6 Å². The molecule has 1 rings (SSSR count). The average molecular weight is 265 g/mol. The van der Waals surface area contributed by atoms with Gasteiger partial charge in [-0.25, -0.2) is 0 Å². The molecule has 0 aliphatic rings. The molecule has 6 nitrogen and oxygen atoms in total. The zero-order valence-electron chi connectivity index (χ0n) is 11.4. The molecule has 0 unspecified atom stereocenters. The van der Waals surface area contributed by atoms with Gasteiger partial charge in [-0.1, -0.05) is 19.1 Å². The summed E-state index contributed by atoms with van der Waals surface area (Å²) in [7, 11) is 0. The predicted octanol–water partition coefficient (Wildman–Crippen LogP) is 1.60. The number of amides is 1. The first-order chi connectivity index (χ1) is 8.86. The van der Waals surface area contributed by atoms with Gasteiger partial charge in [-0.2, -0.15) is 0 Å². The number of nitrogens with one attached hydrogen (secondary N) is 2. The summed E-state index contributed by atoms with van der Waals surface area (Å²) in [5.74, 6) is -0.104. The highest BCUT2D eigenvalue weighted by atomic mass is 16.6. The zero-order chi connectivity index (χ0) is 14.5. The van der Waals surface area contributed by atoms with E-state index in [1.807, 2.05) is 20.8 Å². The van der Waals surface area contributed by atoms with Gasteiger partial charge in [-0.3, -0.25) is 14.9 Å². The lowest BCUT2D eigenvalue weighted by atomic mass is 10.0. The van der Waals surface area contributed by atoms with Crippen molar-refractivity contribution in [3.8, 4) is 0 Å². The first kappa shape index (κ1) is 15.1. The van der Waals surface area contributed by atoms with E-state index in [4.69, 9.17) is 0 Å². The van der Waals surface area contributed by atoms with Gasteiger partial charge in [-0.05, 0) is 26.0 Å². The number of rotatable bonds is 6. The van der Waals surface area contributed by atoms with E-state index < -0.39 is 10.5 Å². The maximum Gasteiger partial charge on any atom is 0.269 e. The Morgan fingerprint density at radius 1 is 1.32 bits per heavy atom. The Morgan fingerprint density at radius 2 is 1.89 bits per heavy atom. The molecule has 0 aliphatic carbocycles. The molecule has 1 aromatic carbocycles. The molecule has 0 heterocycles. The van der Waals surface area contributed by atoms with Gasteiger partial charge in [0.1, 0.15) is 0 Å². The average Bonchev–Trinajstić information content (AvgIpc) is 2.36. The van der Waals surface area contributed by atoms with Gasteiger partial charge in [0.15, 0.2) is 0 Å². The molecule has 0 bridgehead atoms. The normalized spacial score (nSPS) is 11.1. The second kappa shape index (κ2) is 6.29. The summed E-state index contributed by atoms with van der Waals surface area (Å²) in [6, 6.07) is 6.13. The van der Waals surface area contributed by atoms with Crippen LogP contribution in [0.3, 0.4) is 0 Å². The minimum atomic E-state index is -0.629. The van der Waals surface area contributed by atoms with Gasteiger partial charge in [0.2, 0.25) is 5.91 Å². The minimum absolute atomic E-state index is 0.0445. The van der Waals surface area contributed by atoms with Crippen LogP contribution in [0.5, 0.6) is 0 Å². The van der Waals surface area contributed by atoms with Crippen LogP contribution in [0.4, 0.5) is 5.69 Å². The van der Waals surface area contributed by atoms with E-state index in [1.54, 1.807) is 12.1 Å². The summed E-state index contributed by atoms with van der Waals surface area (Å²) in [5.41, 5.74) is 0.240. The summed E-state index contributed by atoms with van der Waals surface area (Å²) in [4.78, 5) is 22.0. The molecule has 0 spiro atoms. The van der Waals surface area contributed by atoms with Crippen molar-refractivity contribution in [2.75, 3.05) is 6.54 Å².